The molecule has 1 atom stereocenters. The number of aliphatic hydroxyl groups is 1. The summed E-state index contributed by atoms with van der Waals surface area (Å²) in [5.41, 5.74) is 3.97. The number of rotatable bonds is 7. The number of hydrogen-bond donors (Lipinski definition) is 3. The van der Waals surface area contributed by atoms with Crippen LogP contribution in [0, 0.1) is 0 Å². The maximum atomic E-state index is 12.1. The van der Waals surface area contributed by atoms with E-state index in [0.29, 0.717) is 22.6 Å². The zero-order chi connectivity index (χ0) is 20.7. The largest absolute Gasteiger partial charge is 0.506 e. The monoisotopic (exact) mass is 404 g/mol. The topological polar surface area (TPSA) is 100 Å². The molecule has 1 amide bonds. The molecule has 0 radical (unpaired) electrons. The van der Waals surface area contributed by atoms with Crippen LogP contribution in [-0.2, 0) is 0 Å². The van der Waals surface area contributed by atoms with Crippen LogP contribution in [0.3, 0.4) is 0 Å². The first-order valence-corrected chi connectivity index (χ1v) is 8.67. The van der Waals surface area contributed by atoms with Gasteiger partial charge in [-0.1, -0.05) is 23.8 Å². The van der Waals surface area contributed by atoms with Gasteiger partial charge in [-0.2, -0.15) is 5.10 Å². The van der Waals surface area contributed by atoms with Crippen molar-refractivity contribution in [2.24, 2.45) is 5.10 Å². The number of nitrogens with one attached hydrogen (secondary N) is 1. The first-order chi connectivity index (χ1) is 13.3. The summed E-state index contributed by atoms with van der Waals surface area (Å²) in [5.74, 6) is 0.408. The van der Waals surface area contributed by atoms with Crippen LogP contribution < -0.4 is 14.9 Å². The average molecular weight is 405 g/mol. The van der Waals surface area contributed by atoms with E-state index in [1.165, 1.54) is 38.6 Å². The molecule has 0 heterocycles. The van der Waals surface area contributed by atoms with Gasteiger partial charge in [0.15, 0.2) is 11.5 Å². The van der Waals surface area contributed by atoms with Crippen molar-refractivity contribution in [1.29, 1.82) is 0 Å². The molecule has 1 unspecified atom stereocenters. The number of halogens is 1. The van der Waals surface area contributed by atoms with Crippen molar-refractivity contribution in [3.63, 3.8) is 0 Å². The number of methoxy groups -OCH3 is 2. The summed E-state index contributed by atoms with van der Waals surface area (Å²) in [6.07, 6.45) is 4.14. The molecule has 0 saturated carbocycles. The molecule has 0 saturated heterocycles. The zero-order valence-corrected chi connectivity index (χ0v) is 16.4. The standard InChI is InChI=1S/C20H21ClN2O5/c1-12(24)4-5-14-8-13(9-18(27-2)19(14)28-3)11-22-23-20(26)15-6-7-17(25)16(21)10-15/h4-12,24-25H,1-3H3,(H,23,26). The summed E-state index contributed by atoms with van der Waals surface area (Å²) < 4.78 is 10.7. The van der Waals surface area contributed by atoms with Gasteiger partial charge < -0.3 is 19.7 Å². The van der Waals surface area contributed by atoms with Crippen LogP contribution >= 0.6 is 11.6 Å². The number of ether oxygens (including phenoxy) is 2. The molecule has 7 nitrogen and oxygen atoms in total. The third kappa shape index (κ3) is 5.48. The number of aliphatic hydroxyl groups excluding tert-OH is 1. The van der Waals surface area contributed by atoms with E-state index in [1.807, 2.05) is 0 Å². The van der Waals surface area contributed by atoms with Gasteiger partial charge in [-0.05, 0) is 42.8 Å². The molecular weight excluding hydrogens is 384 g/mol. The Labute approximate surface area is 167 Å². The summed E-state index contributed by atoms with van der Waals surface area (Å²) in [6.45, 7) is 1.64. The SMILES string of the molecule is COc1cc(C=NNC(=O)c2ccc(O)c(Cl)c2)cc(C=CC(C)O)c1OC. The second kappa shape index (κ2) is 9.77. The Morgan fingerprint density at radius 1 is 1.25 bits per heavy atom. The predicted octanol–water partition coefficient (Wildman–Crippen LogP) is 3.22. The minimum atomic E-state index is -0.621. The van der Waals surface area contributed by atoms with Crippen LogP contribution in [-0.4, -0.2) is 42.7 Å². The molecule has 148 valence electrons. The Hall–Kier alpha value is -3.03. The number of benzene rings is 2. The van der Waals surface area contributed by atoms with E-state index in [2.05, 4.69) is 10.5 Å². The Kier molecular flexibility index (Phi) is 7.43. The second-order valence-electron chi connectivity index (χ2n) is 5.81. The number of hydrazone groups is 1. The molecule has 0 aromatic heterocycles. The first kappa shape index (κ1) is 21.3. The highest BCUT2D eigenvalue weighted by atomic mass is 35.5. The summed E-state index contributed by atoms with van der Waals surface area (Å²) in [4.78, 5) is 12.1. The van der Waals surface area contributed by atoms with Crippen LogP contribution in [0.25, 0.3) is 6.08 Å². The molecule has 0 fully saturated rings. The van der Waals surface area contributed by atoms with E-state index in [4.69, 9.17) is 21.1 Å². The van der Waals surface area contributed by atoms with Crippen molar-refractivity contribution < 1.29 is 24.5 Å². The molecule has 3 N–H and O–H groups in total. The lowest BCUT2D eigenvalue weighted by Crippen LogP contribution is -2.17. The number of aromatic hydroxyl groups is 1. The Bertz CT molecular complexity index is 910. The number of carbonyl (C=O) groups is 1. The van der Waals surface area contributed by atoms with E-state index < -0.39 is 12.0 Å². The predicted molar refractivity (Wildman–Crippen MR) is 108 cm³/mol. The van der Waals surface area contributed by atoms with E-state index in [-0.39, 0.29) is 16.3 Å². The fraction of sp³-hybridized carbons (Fsp3) is 0.200. The van der Waals surface area contributed by atoms with Crippen LogP contribution in [0.4, 0.5) is 0 Å². The van der Waals surface area contributed by atoms with Gasteiger partial charge in [-0.15, -0.1) is 0 Å². The molecule has 2 rings (SSSR count). The number of carbonyl (C=O) groups excluding carboxylic acids is 1. The van der Waals surface area contributed by atoms with Crippen molar-refractivity contribution in [3.8, 4) is 17.2 Å². The van der Waals surface area contributed by atoms with Gasteiger partial charge in [0.2, 0.25) is 0 Å². The minimum absolute atomic E-state index is 0.0751. The van der Waals surface area contributed by atoms with Gasteiger partial charge in [0.1, 0.15) is 5.75 Å². The fourth-order valence-corrected chi connectivity index (χ4v) is 2.52. The van der Waals surface area contributed by atoms with E-state index in [1.54, 1.807) is 31.2 Å². The summed E-state index contributed by atoms with van der Waals surface area (Å²) in [7, 11) is 3.03. The number of phenols is 1. The Balaban J connectivity index is 2.23. The molecule has 0 aliphatic rings. The van der Waals surface area contributed by atoms with Crippen molar-refractivity contribution in [2.45, 2.75) is 13.0 Å². The Morgan fingerprint density at radius 3 is 2.61 bits per heavy atom. The van der Waals surface area contributed by atoms with Gasteiger partial charge in [0.05, 0.1) is 31.6 Å². The van der Waals surface area contributed by atoms with Crippen LogP contribution in [0.1, 0.15) is 28.4 Å². The summed E-state index contributed by atoms with van der Waals surface area (Å²) in [5, 5.41) is 22.9. The van der Waals surface area contributed by atoms with Gasteiger partial charge in [0, 0.05) is 11.1 Å². The van der Waals surface area contributed by atoms with Gasteiger partial charge in [-0.3, -0.25) is 4.79 Å². The highest BCUT2D eigenvalue weighted by Gasteiger charge is 2.11. The highest BCUT2D eigenvalue weighted by Crippen LogP contribution is 2.33. The third-order valence-corrected chi connectivity index (χ3v) is 3.98. The molecule has 0 spiro atoms. The van der Waals surface area contributed by atoms with Gasteiger partial charge >= 0.3 is 0 Å². The molecular formula is C20H21ClN2O5. The molecule has 28 heavy (non-hydrogen) atoms. The maximum Gasteiger partial charge on any atom is 0.271 e. The lowest BCUT2D eigenvalue weighted by atomic mass is 10.1. The van der Waals surface area contributed by atoms with E-state index in [0.717, 1.165) is 0 Å². The molecule has 8 heteroatoms. The molecule has 0 bridgehead atoms. The number of nitrogens with zero attached hydrogens (tertiary/aromatic N) is 1. The maximum absolute atomic E-state index is 12.1. The van der Waals surface area contributed by atoms with E-state index >= 15 is 0 Å². The molecule has 0 aliphatic carbocycles. The van der Waals surface area contributed by atoms with Crippen molar-refractivity contribution in [1.82, 2.24) is 5.43 Å². The third-order valence-electron chi connectivity index (χ3n) is 3.67. The Morgan fingerprint density at radius 2 is 2.00 bits per heavy atom. The second-order valence-corrected chi connectivity index (χ2v) is 6.22. The molecule has 2 aromatic carbocycles. The zero-order valence-electron chi connectivity index (χ0n) is 15.6. The van der Waals surface area contributed by atoms with Crippen LogP contribution in [0.2, 0.25) is 5.02 Å². The average Bonchev–Trinajstić information content (AvgIpc) is 2.67. The van der Waals surface area contributed by atoms with Gasteiger partial charge in [0.25, 0.3) is 5.91 Å². The summed E-state index contributed by atoms with van der Waals surface area (Å²) >= 11 is 5.80. The normalized spacial score (nSPS) is 12.3. The van der Waals surface area contributed by atoms with Gasteiger partial charge in [-0.25, -0.2) is 5.43 Å². The first-order valence-electron chi connectivity index (χ1n) is 8.30. The lowest BCUT2D eigenvalue weighted by molar-refractivity contribution is 0.0955. The highest BCUT2D eigenvalue weighted by molar-refractivity contribution is 6.32. The number of amides is 1. The fourth-order valence-electron chi connectivity index (χ4n) is 2.34. The van der Waals surface area contributed by atoms with Crippen molar-refractivity contribution >= 4 is 29.8 Å². The quantitative estimate of drug-likeness (QED) is 0.486. The van der Waals surface area contributed by atoms with E-state index in [9.17, 15) is 15.0 Å². The lowest BCUT2D eigenvalue weighted by Gasteiger charge is -2.12. The molecule has 0 aliphatic heterocycles. The van der Waals surface area contributed by atoms with Crippen molar-refractivity contribution in [3.05, 3.63) is 58.1 Å². The smallest absolute Gasteiger partial charge is 0.271 e. The summed E-state index contributed by atoms with van der Waals surface area (Å²) in [6, 6.07) is 7.58. The minimum Gasteiger partial charge on any atom is -0.506 e. The number of phenolic OH excluding ortho intramolecular Hbond substituents is 1. The van der Waals surface area contributed by atoms with Crippen molar-refractivity contribution in [2.75, 3.05) is 14.2 Å². The van der Waals surface area contributed by atoms with Crippen LogP contribution in [0.15, 0.2) is 41.5 Å². The number of hydrogen-bond acceptors (Lipinski definition) is 6. The van der Waals surface area contributed by atoms with Crippen LogP contribution in [0.5, 0.6) is 17.2 Å². The molecule has 2 aromatic rings.